The Labute approximate surface area is 170 Å². The summed E-state index contributed by atoms with van der Waals surface area (Å²) < 4.78 is 40.4. The Hall–Kier alpha value is -3.26. The maximum Gasteiger partial charge on any atom is 0.417 e. The summed E-state index contributed by atoms with van der Waals surface area (Å²) in [6.07, 6.45) is -1.83. The van der Waals surface area contributed by atoms with E-state index in [0.29, 0.717) is 5.56 Å². The molecule has 1 aliphatic heterocycles. The number of carbonyl (C=O) groups is 2. The van der Waals surface area contributed by atoms with E-state index in [4.69, 9.17) is 12.2 Å². The number of rotatable bonds is 4. The number of nitrogens with zero attached hydrogens (tertiary/aromatic N) is 1. The molecular weight excluding hydrogens is 401 g/mol. The lowest BCUT2D eigenvalue weighted by molar-refractivity contribution is -0.137. The number of hydrogen-bond donors (Lipinski definition) is 1. The van der Waals surface area contributed by atoms with Crippen LogP contribution < -0.4 is 5.32 Å². The Morgan fingerprint density at radius 3 is 2.31 bits per heavy atom. The van der Waals surface area contributed by atoms with Crippen molar-refractivity contribution in [3.8, 4) is 11.1 Å². The molecule has 1 fully saturated rings. The molecule has 4 nitrogen and oxygen atoms in total. The number of benzene rings is 2. The Morgan fingerprint density at radius 2 is 1.66 bits per heavy atom. The van der Waals surface area contributed by atoms with Crippen LogP contribution >= 0.6 is 12.2 Å². The molecule has 0 unspecified atom stereocenters. The number of amides is 2. The van der Waals surface area contributed by atoms with Gasteiger partial charge in [0.1, 0.15) is 5.57 Å². The Morgan fingerprint density at radius 1 is 1.03 bits per heavy atom. The molecule has 0 aliphatic carbocycles. The Kier molecular flexibility index (Phi) is 5.65. The van der Waals surface area contributed by atoms with Crippen LogP contribution in [0.3, 0.4) is 0 Å². The van der Waals surface area contributed by atoms with E-state index in [1.807, 2.05) is 0 Å². The van der Waals surface area contributed by atoms with Gasteiger partial charge in [0, 0.05) is 6.54 Å². The molecule has 0 bridgehead atoms. The summed E-state index contributed by atoms with van der Waals surface area (Å²) in [5.74, 6) is -1.35. The molecule has 8 heteroatoms. The molecule has 0 aromatic heterocycles. The average Bonchev–Trinajstić information content (AvgIpc) is 2.68. The molecule has 0 spiro atoms. The fourth-order valence-corrected chi connectivity index (χ4v) is 3.23. The molecule has 1 heterocycles. The third-order valence-electron chi connectivity index (χ3n) is 4.28. The lowest BCUT2D eigenvalue weighted by Gasteiger charge is -2.28. The predicted octanol–water partition coefficient (Wildman–Crippen LogP) is 4.19. The van der Waals surface area contributed by atoms with Gasteiger partial charge in [-0.25, -0.2) is 0 Å². The van der Waals surface area contributed by atoms with Gasteiger partial charge < -0.3 is 0 Å². The van der Waals surface area contributed by atoms with Crippen molar-refractivity contribution in [1.82, 2.24) is 10.2 Å². The standard InChI is InChI=1S/C21H15F3N2O2S/c1-2-11-26-19(28)16(18(27)25-20(26)29)12-13-7-3-4-8-14(13)15-9-5-6-10-17(15)21(22,23)24/h2-10,12H,1,11H2,(H,25,27,29). The summed E-state index contributed by atoms with van der Waals surface area (Å²) in [6.45, 7) is 3.64. The summed E-state index contributed by atoms with van der Waals surface area (Å²) in [7, 11) is 0. The number of nitrogens with one attached hydrogen (secondary N) is 1. The molecule has 2 aromatic carbocycles. The van der Waals surface area contributed by atoms with Gasteiger partial charge in [-0.3, -0.25) is 19.8 Å². The van der Waals surface area contributed by atoms with E-state index in [2.05, 4.69) is 11.9 Å². The number of halogens is 3. The van der Waals surface area contributed by atoms with Gasteiger partial charge in [-0.15, -0.1) is 6.58 Å². The number of thiocarbonyl (C=S) groups is 1. The van der Waals surface area contributed by atoms with Crippen LogP contribution in [-0.2, 0) is 15.8 Å². The van der Waals surface area contributed by atoms with Crippen molar-refractivity contribution in [3.63, 3.8) is 0 Å². The SMILES string of the molecule is C=CCN1C(=O)C(=Cc2ccccc2-c2ccccc2C(F)(F)F)C(=O)NC1=S. The smallest absolute Gasteiger partial charge is 0.298 e. The van der Waals surface area contributed by atoms with E-state index in [-0.39, 0.29) is 28.4 Å². The van der Waals surface area contributed by atoms with Crippen molar-refractivity contribution in [2.45, 2.75) is 6.18 Å². The molecule has 1 saturated heterocycles. The van der Waals surface area contributed by atoms with E-state index >= 15 is 0 Å². The van der Waals surface area contributed by atoms with Crippen LogP contribution in [-0.4, -0.2) is 28.4 Å². The first-order chi connectivity index (χ1) is 13.7. The first-order valence-electron chi connectivity index (χ1n) is 8.49. The van der Waals surface area contributed by atoms with Crippen LogP contribution in [0.5, 0.6) is 0 Å². The quantitative estimate of drug-likeness (QED) is 0.352. The summed E-state index contributed by atoms with van der Waals surface area (Å²) in [6, 6.07) is 11.4. The molecule has 29 heavy (non-hydrogen) atoms. The molecule has 2 aromatic rings. The topological polar surface area (TPSA) is 49.4 Å². The molecule has 1 N–H and O–H groups in total. The second-order valence-electron chi connectivity index (χ2n) is 6.15. The highest BCUT2D eigenvalue weighted by Gasteiger charge is 2.35. The van der Waals surface area contributed by atoms with E-state index in [1.165, 1.54) is 36.4 Å². The maximum absolute atomic E-state index is 13.5. The fraction of sp³-hybridized carbons (Fsp3) is 0.0952. The first-order valence-corrected chi connectivity index (χ1v) is 8.90. The number of alkyl halides is 3. The van der Waals surface area contributed by atoms with Gasteiger partial charge in [-0.2, -0.15) is 13.2 Å². The summed E-state index contributed by atoms with van der Waals surface area (Å²) in [4.78, 5) is 26.2. The van der Waals surface area contributed by atoms with E-state index < -0.39 is 23.6 Å². The second kappa shape index (κ2) is 8.00. The third kappa shape index (κ3) is 4.12. The summed E-state index contributed by atoms with van der Waals surface area (Å²) >= 11 is 5.00. The third-order valence-corrected chi connectivity index (χ3v) is 4.60. The molecular formula is C21H15F3N2O2S. The Balaban J connectivity index is 2.14. The van der Waals surface area contributed by atoms with Crippen molar-refractivity contribution < 1.29 is 22.8 Å². The van der Waals surface area contributed by atoms with Crippen LogP contribution in [0.25, 0.3) is 17.2 Å². The molecule has 1 aliphatic rings. The zero-order chi connectivity index (χ0) is 21.2. The zero-order valence-corrected chi connectivity index (χ0v) is 15.8. The van der Waals surface area contributed by atoms with E-state index in [1.54, 1.807) is 18.2 Å². The van der Waals surface area contributed by atoms with Crippen molar-refractivity contribution in [2.24, 2.45) is 0 Å². The van der Waals surface area contributed by atoms with Crippen molar-refractivity contribution in [1.29, 1.82) is 0 Å². The maximum atomic E-state index is 13.5. The predicted molar refractivity (Wildman–Crippen MR) is 108 cm³/mol. The highest BCUT2D eigenvalue weighted by molar-refractivity contribution is 7.80. The number of carbonyl (C=O) groups excluding carboxylic acids is 2. The molecule has 3 rings (SSSR count). The fourth-order valence-electron chi connectivity index (χ4n) is 2.98. The highest BCUT2D eigenvalue weighted by atomic mass is 32.1. The van der Waals surface area contributed by atoms with E-state index in [0.717, 1.165) is 11.0 Å². The molecule has 0 radical (unpaired) electrons. The van der Waals surface area contributed by atoms with Crippen LogP contribution in [0.4, 0.5) is 13.2 Å². The molecule has 2 amide bonds. The first kappa shape index (κ1) is 20.5. The minimum absolute atomic E-state index is 0.0467. The number of hydrogen-bond acceptors (Lipinski definition) is 3. The largest absolute Gasteiger partial charge is 0.417 e. The molecule has 0 saturated carbocycles. The molecule has 148 valence electrons. The van der Waals surface area contributed by atoms with Gasteiger partial charge in [0.2, 0.25) is 0 Å². The van der Waals surface area contributed by atoms with Crippen LogP contribution in [0.1, 0.15) is 11.1 Å². The average molecular weight is 416 g/mol. The lowest BCUT2D eigenvalue weighted by Crippen LogP contribution is -2.53. The summed E-state index contributed by atoms with van der Waals surface area (Å²) in [5.41, 5.74) is -0.530. The van der Waals surface area contributed by atoms with Crippen molar-refractivity contribution >= 4 is 35.2 Å². The van der Waals surface area contributed by atoms with Crippen LogP contribution in [0.2, 0.25) is 0 Å². The van der Waals surface area contributed by atoms with Crippen LogP contribution in [0, 0.1) is 0 Å². The van der Waals surface area contributed by atoms with Crippen LogP contribution in [0.15, 0.2) is 66.8 Å². The van der Waals surface area contributed by atoms with E-state index in [9.17, 15) is 22.8 Å². The van der Waals surface area contributed by atoms with Crippen molar-refractivity contribution in [2.75, 3.05) is 6.54 Å². The van der Waals surface area contributed by atoms with Crippen molar-refractivity contribution in [3.05, 3.63) is 77.9 Å². The normalized spacial score (nSPS) is 16.2. The van der Waals surface area contributed by atoms with Gasteiger partial charge in [-0.05, 0) is 41.1 Å². The monoisotopic (exact) mass is 416 g/mol. The van der Waals surface area contributed by atoms with Gasteiger partial charge in [0.05, 0.1) is 5.56 Å². The zero-order valence-electron chi connectivity index (χ0n) is 15.0. The van der Waals surface area contributed by atoms with Gasteiger partial charge in [-0.1, -0.05) is 48.5 Å². The highest BCUT2D eigenvalue weighted by Crippen LogP contribution is 2.38. The second-order valence-corrected chi connectivity index (χ2v) is 6.54. The molecule has 0 atom stereocenters. The minimum atomic E-state index is -4.55. The summed E-state index contributed by atoms with van der Waals surface area (Å²) in [5, 5.41) is 2.36. The van der Waals surface area contributed by atoms with Gasteiger partial charge in [0.25, 0.3) is 11.8 Å². The van der Waals surface area contributed by atoms with Gasteiger partial charge in [0.15, 0.2) is 5.11 Å². The minimum Gasteiger partial charge on any atom is -0.298 e. The lowest BCUT2D eigenvalue weighted by atomic mass is 9.93. The van der Waals surface area contributed by atoms with Gasteiger partial charge >= 0.3 is 6.18 Å². The Bertz CT molecular complexity index is 1040.